The Kier molecular flexibility index (Phi) is 7.97. The van der Waals surface area contributed by atoms with E-state index in [9.17, 15) is 4.79 Å². The fourth-order valence-electron chi connectivity index (χ4n) is 2.17. The molecule has 0 aliphatic heterocycles. The summed E-state index contributed by atoms with van der Waals surface area (Å²) in [6.07, 6.45) is 4.08. The highest BCUT2D eigenvalue weighted by Crippen LogP contribution is 2.02. The number of carbonyl (C=O) groups excluding carboxylic acids is 1. The van der Waals surface area contributed by atoms with Gasteiger partial charge in [0.2, 0.25) is 5.91 Å². The van der Waals surface area contributed by atoms with Gasteiger partial charge in [0.1, 0.15) is 0 Å². The molecule has 0 aliphatic rings. The van der Waals surface area contributed by atoms with Gasteiger partial charge in [-0.15, -0.1) is 0 Å². The molecule has 0 radical (unpaired) electrons. The van der Waals surface area contributed by atoms with Crippen LogP contribution in [0.5, 0.6) is 0 Å². The lowest BCUT2D eigenvalue weighted by Gasteiger charge is -2.19. The number of carbonyl (C=O) groups is 1. The molecular weight excluding hydrogens is 248 g/mol. The van der Waals surface area contributed by atoms with Gasteiger partial charge in [-0.2, -0.15) is 0 Å². The Balaban J connectivity index is 2.19. The lowest BCUT2D eigenvalue weighted by atomic mass is 10.1. The molecule has 0 aliphatic carbocycles. The number of nitrogens with one attached hydrogen (secondary N) is 2. The van der Waals surface area contributed by atoms with E-state index in [1.165, 1.54) is 5.56 Å². The van der Waals surface area contributed by atoms with Crippen LogP contribution in [0.15, 0.2) is 30.3 Å². The van der Waals surface area contributed by atoms with Gasteiger partial charge in [-0.1, -0.05) is 44.2 Å². The van der Waals surface area contributed by atoms with Gasteiger partial charge in [-0.3, -0.25) is 4.79 Å². The molecule has 112 valence electrons. The molecule has 1 amide bonds. The monoisotopic (exact) mass is 276 g/mol. The fourth-order valence-corrected chi connectivity index (χ4v) is 2.17. The van der Waals surface area contributed by atoms with Crippen LogP contribution >= 0.6 is 0 Å². The summed E-state index contributed by atoms with van der Waals surface area (Å²) in [6.45, 7) is 7.01. The van der Waals surface area contributed by atoms with Gasteiger partial charge < -0.3 is 10.6 Å². The van der Waals surface area contributed by atoms with Crippen molar-refractivity contribution in [1.82, 2.24) is 10.6 Å². The molecule has 0 aromatic heterocycles. The van der Waals surface area contributed by atoms with E-state index in [0.29, 0.717) is 6.04 Å². The predicted molar refractivity (Wildman–Crippen MR) is 84.7 cm³/mol. The quantitative estimate of drug-likeness (QED) is 0.681. The van der Waals surface area contributed by atoms with Gasteiger partial charge in [-0.25, -0.2) is 0 Å². The number of hydrogen-bond donors (Lipinski definition) is 2. The van der Waals surface area contributed by atoms with E-state index >= 15 is 0 Å². The maximum Gasteiger partial charge on any atom is 0.237 e. The molecule has 1 aromatic carbocycles. The van der Waals surface area contributed by atoms with Crippen LogP contribution in [0.2, 0.25) is 0 Å². The Morgan fingerprint density at radius 2 is 1.80 bits per heavy atom. The van der Waals surface area contributed by atoms with Crippen LogP contribution in [0.4, 0.5) is 0 Å². The lowest BCUT2D eigenvalue weighted by Crippen LogP contribution is -2.46. The van der Waals surface area contributed by atoms with Crippen molar-refractivity contribution in [2.24, 2.45) is 0 Å². The zero-order valence-electron chi connectivity index (χ0n) is 13.0. The van der Waals surface area contributed by atoms with Crippen LogP contribution in [0.1, 0.15) is 45.6 Å². The molecule has 0 fully saturated rings. The number of amides is 1. The van der Waals surface area contributed by atoms with E-state index in [1.54, 1.807) is 0 Å². The summed E-state index contributed by atoms with van der Waals surface area (Å²) >= 11 is 0. The van der Waals surface area contributed by atoms with Crippen LogP contribution in [0.25, 0.3) is 0 Å². The molecule has 0 saturated carbocycles. The van der Waals surface area contributed by atoms with Gasteiger partial charge in [0.15, 0.2) is 0 Å². The molecule has 0 bridgehead atoms. The van der Waals surface area contributed by atoms with Gasteiger partial charge in [-0.05, 0) is 44.7 Å². The first-order valence-corrected chi connectivity index (χ1v) is 7.75. The highest BCUT2D eigenvalue weighted by atomic mass is 16.2. The average Bonchev–Trinajstić information content (AvgIpc) is 2.49. The summed E-state index contributed by atoms with van der Waals surface area (Å²) in [4.78, 5) is 12.0. The molecule has 1 atom stereocenters. The van der Waals surface area contributed by atoms with Crippen molar-refractivity contribution < 1.29 is 4.79 Å². The first-order valence-electron chi connectivity index (χ1n) is 7.75. The van der Waals surface area contributed by atoms with Crippen LogP contribution < -0.4 is 10.6 Å². The average molecular weight is 276 g/mol. The number of aryl methyl sites for hydroxylation is 1. The summed E-state index contributed by atoms with van der Waals surface area (Å²) in [7, 11) is 0. The molecule has 20 heavy (non-hydrogen) atoms. The summed E-state index contributed by atoms with van der Waals surface area (Å²) in [6, 6.07) is 10.6. The minimum Gasteiger partial charge on any atom is -0.352 e. The van der Waals surface area contributed by atoms with E-state index in [-0.39, 0.29) is 11.9 Å². The zero-order chi connectivity index (χ0) is 14.8. The third-order valence-corrected chi connectivity index (χ3v) is 3.66. The Morgan fingerprint density at radius 3 is 2.40 bits per heavy atom. The topological polar surface area (TPSA) is 41.1 Å². The van der Waals surface area contributed by atoms with E-state index in [2.05, 4.69) is 48.7 Å². The Morgan fingerprint density at radius 1 is 1.15 bits per heavy atom. The summed E-state index contributed by atoms with van der Waals surface area (Å²) in [5.41, 5.74) is 1.35. The second-order valence-corrected chi connectivity index (χ2v) is 5.29. The molecular formula is C17H28N2O. The van der Waals surface area contributed by atoms with Crippen molar-refractivity contribution >= 4 is 5.91 Å². The molecule has 1 aromatic rings. The first kappa shape index (κ1) is 16.7. The van der Waals surface area contributed by atoms with Crippen molar-refractivity contribution in [3.8, 4) is 0 Å². The van der Waals surface area contributed by atoms with E-state index in [1.807, 2.05) is 13.0 Å². The Bertz CT molecular complexity index is 374. The second kappa shape index (κ2) is 9.54. The van der Waals surface area contributed by atoms with Gasteiger partial charge in [0, 0.05) is 6.04 Å². The third-order valence-electron chi connectivity index (χ3n) is 3.66. The first-order chi connectivity index (χ1) is 9.67. The van der Waals surface area contributed by atoms with Crippen molar-refractivity contribution in [3.05, 3.63) is 35.9 Å². The molecule has 2 N–H and O–H groups in total. The smallest absolute Gasteiger partial charge is 0.237 e. The number of rotatable bonds is 9. The SMILES string of the molecule is CCC(CC)NC(=O)C(C)NCCCc1ccccc1. The van der Waals surface area contributed by atoms with Crippen molar-refractivity contribution in [2.75, 3.05) is 6.54 Å². The lowest BCUT2D eigenvalue weighted by molar-refractivity contribution is -0.123. The second-order valence-electron chi connectivity index (χ2n) is 5.29. The molecule has 0 heterocycles. The normalized spacial score (nSPS) is 12.4. The molecule has 3 heteroatoms. The maximum atomic E-state index is 12.0. The Hall–Kier alpha value is -1.35. The molecule has 1 rings (SSSR count). The highest BCUT2D eigenvalue weighted by Gasteiger charge is 2.14. The van der Waals surface area contributed by atoms with E-state index in [0.717, 1.165) is 32.2 Å². The minimum atomic E-state index is -0.119. The Labute approximate surface area is 123 Å². The van der Waals surface area contributed by atoms with E-state index < -0.39 is 0 Å². The maximum absolute atomic E-state index is 12.0. The van der Waals surface area contributed by atoms with E-state index in [4.69, 9.17) is 0 Å². The van der Waals surface area contributed by atoms with Crippen LogP contribution in [-0.2, 0) is 11.2 Å². The molecule has 0 saturated heterocycles. The standard InChI is InChI=1S/C17H28N2O/c1-4-16(5-2)19-17(20)14(3)18-13-9-12-15-10-7-6-8-11-15/h6-8,10-11,14,16,18H,4-5,9,12-13H2,1-3H3,(H,19,20). The van der Waals surface area contributed by atoms with Crippen LogP contribution in [-0.4, -0.2) is 24.5 Å². The van der Waals surface area contributed by atoms with Gasteiger partial charge >= 0.3 is 0 Å². The van der Waals surface area contributed by atoms with Gasteiger partial charge in [0.25, 0.3) is 0 Å². The predicted octanol–water partition coefficient (Wildman–Crippen LogP) is 2.90. The highest BCUT2D eigenvalue weighted by molar-refractivity contribution is 5.81. The van der Waals surface area contributed by atoms with Gasteiger partial charge in [0.05, 0.1) is 6.04 Å². The largest absolute Gasteiger partial charge is 0.352 e. The van der Waals surface area contributed by atoms with Crippen molar-refractivity contribution in [1.29, 1.82) is 0 Å². The molecule has 1 unspecified atom stereocenters. The fraction of sp³-hybridized carbons (Fsp3) is 0.588. The number of hydrogen-bond acceptors (Lipinski definition) is 2. The summed E-state index contributed by atoms with van der Waals surface area (Å²) < 4.78 is 0. The summed E-state index contributed by atoms with van der Waals surface area (Å²) in [5, 5.41) is 6.37. The molecule has 0 spiro atoms. The van der Waals surface area contributed by atoms with Crippen LogP contribution in [0, 0.1) is 0 Å². The summed E-state index contributed by atoms with van der Waals surface area (Å²) in [5.74, 6) is 0.110. The number of benzene rings is 1. The third kappa shape index (κ3) is 6.20. The zero-order valence-corrected chi connectivity index (χ0v) is 13.0. The van der Waals surface area contributed by atoms with Crippen LogP contribution in [0.3, 0.4) is 0 Å². The van der Waals surface area contributed by atoms with Crippen molar-refractivity contribution in [2.45, 2.75) is 58.5 Å². The van der Waals surface area contributed by atoms with Crippen molar-refractivity contribution in [3.63, 3.8) is 0 Å². The minimum absolute atomic E-state index is 0.110. The molecule has 3 nitrogen and oxygen atoms in total.